The van der Waals surface area contributed by atoms with E-state index in [1.165, 1.54) is 17.6 Å². The summed E-state index contributed by atoms with van der Waals surface area (Å²) in [5.41, 5.74) is 2.87. The highest BCUT2D eigenvalue weighted by atomic mass is 32.2. The maximum Gasteiger partial charge on any atom is 0.252 e. The van der Waals surface area contributed by atoms with Crippen molar-refractivity contribution < 1.29 is 13.2 Å². The summed E-state index contributed by atoms with van der Waals surface area (Å²) < 4.78 is 26.2. The molecule has 0 aliphatic rings. The van der Waals surface area contributed by atoms with Gasteiger partial charge in [-0.3, -0.25) is 4.79 Å². The third-order valence-electron chi connectivity index (χ3n) is 4.09. The zero-order valence-electron chi connectivity index (χ0n) is 15.2. The minimum Gasteiger partial charge on any atom is -0.313 e. The number of fused-ring (bicyclic) bond motifs is 1. The van der Waals surface area contributed by atoms with E-state index >= 15 is 0 Å². The lowest BCUT2D eigenvalue weighted by molar-refractivity contribution is -0.117. The Labute approximate surface area is 162 Å². The lowest BCUT2D eigenvalue weighted by Crippen LogP contribution is -2.16. The molecular formula is C20H20N2O3S2. The first-order valence-electron chi connectivity index (χ1n) is 8.35. The molecule has 0 radical (unpaired) electrons. The molecule has 0 unspecified atom stereocenters. The zero-order valence-corrected chi connectivity index (χ0v) is 16.8. The van der Waals surface area contributed by atoms with E-state index in [1.54, 1.807) is 24.3 Å². The lowest BCUT2D eigenvalue weighted by atomic mass is 10.1. The van der Waals surface area contributed by atoms with Crippen molar-refractivity contribution in [2.45, 2.75) is 24.8 Å². The normalized spacial score (nSPS) is 12.4. The molecule has 27 heavy (non-hydrogen) atoms. The van der Waals surface area contributed by atoms with E-state index in [9.17, 15) is 13.2 Å². The van der Waals surface area contributed by atoms with Crippen LogP contribution >= 0.6 is 11.3 Å². The van der Waals surface area contributed by atoms with Crippen molar-refractivity contribution in [1.29, 1.82) is 0 Å². The number of aryl methyl sites for hydroxylation is 1. The minimum atomic E-state index is -3.30. The van der Waals surface area contributed by atoms with Crippen LogP contribution in [0, 0.1) is 6.92 Å². The molecule has 1 heterocycles. The second-order valence-corrected chi connectivity index (χ2v) is 9.38. The molecule has 3 rings (SSSR count). The molecule has 0 bridgehead atoms. The molecule has 0 saturated carbocycles. The van der Waals surface area contributed by atoms with Gasteiger partial charge in [0.2, 0.25) is 0 Å². The Morgan fingerprint density at radius 3 is 2.56 bits per heavy atom. The highest BCUT2D eigenvalue weighted by Gasteiger charge is 2.12. The maximum atomic E-state index is 12.4. The third-order valence-corrected chi connectivity index (χ3v) is 6.24. The van der Waals surface area contributed by atoms with Crippen molar-refractivity contribution in [2.75, 3.05) is 6.26 Å². The fourth-order valence-electron chi connectivity index (χ4n) is 2.70. The van der Waals surface area contributed by atoms with Gasteiger partial charge >= 0.3 is 0 Å². The van der Waals surface area contributed by atoms with Crippen LogP contribution in [0.2, 0.25) is 0 Å². The molecule has 7 heteroatoms. The first kappa shape index (κ1) is 19.3. The molecule has 0 fully saturated rings. The molecule has 0 atom stereocenters. The van der Waals surface area contributed by atoms with Gasteiger partial charge < -0.3 is 4.57 Å². The van der Waals surface area contributed by atoms with E-state index in [-0.39, 0.29) is 17.2 Å². The number of hydrogen-bond donors (Lipinski definition) is 0. The number of nitrogens with zero attached hydrogens (tertiary/aromatic N) is 2. The monoisotopic (exact) mass is 400 g/mol. The van der Waals surface area contributed by atoms with Crippen molar-refractivity contribution in [3.63, 3.8) is 0 Å². The molecular weight excluding hydrogens is 380 g/mol. The summed E-state index contributed by atoms with van der Waals surface area (Å²) in [5, 5.41) is 0. The minimum absolute atomic E-state index is 0.219. The van der Waals surface area contributed by atoms with Gasteiger partial charge in [0.1, 0.15) is 0 Å². The second-order valence-electron chi connectivity index (χ2n) is 6.35. The predicted molar refractivity (Wildman–Crippen MR) is 109 cm³/mol. The van der Waals surface area contributed by atoms with Gasteiger partial charge in [-0.25, -0.2) is 8.42 Å². The number of sulfone groups is 1. The van der Waals surface area contributed by atoms with E-state index in [4.69, 9.17) is 0 Å². The molecule has 5 nitrogen and oxygen atoms in total. The van der Waals surface area contributed by atoms with Gasteiger partial charge in [-0.15, -0.1) is 6.58 Å². The number of rotatable bonds is 5. The van der Waals surface area contributed by atoms with Crippen LogP contribution in [-0.2, 0) is 27.6 Å². The molecule has 0 aliphatic carbocycles. The molecule has 0 spiro atoms. The molecule has 1 amide bonds. The van der Waals surface area contributed by atoms with E-state index in [2.05, 4.69) is 11.6 Å². The van der Waals surface area contributed by atoms with Crippen molar-refractivity contribution >= 4 is 37.3 Å². The van der Waals surface area contributed by atoms with E-state index in [0.29, 0.717) is 11.3 Å². The van der Waals surface area contributed by atoms with Crippen LogP contribution in [-0.4, -0.2) is 25.1 Å². The van der Waals surface area contributed by atoms with Crippen LogP contribution < -0.4 is 4.80 Å². The topological polar surface area (TPSA) is 68.5 Å². The van der Waals surface area contributed by atoms with Gasteiger partial charge in [0.15, 0.2) is 14.6 Å². The standard InChI is InChI=1S/C20H20N2O3S2/c1-4-11-22-17-10-9-16(27(3,24)25)13-18(17)26-20(22)21-19(23)12-15-7-5-14(2)6-8-15/h4-10,13H,1,11-12H2,2-3H3. The Morgan fingerprint density at radius 2 is 1.93 bits per heavy atom. The Bertz CT molecular complexity index is 1180. The average molecular weight is 401 g/mol. The number of carbonyl (C=O) groups is 1. The van der Waals surface area contributed by atoms with Crippen molar-refractivity contribution in [3.05, 3.63) is 71.0 Å². The fourth-order valence-corrected chi connectivity index (χ4v) is 4.52. The number of thiazole rings is 1. The van der Waals surface area contributed by atoms with Gasteiger partial charge in [-0.05, 0) is 30.7 Å². The van der Waals surface area contributed by atoms with E-state index < -0.39 is 9.84 Å². The first-order chi connectivity index (χ1) is 12.8. The Balaban J connectivity index is 2.04. The van der Waals surface area contributed by atoms with Crippen LogP contribution in [0.3, 0.4) is 0 Å². The Morgan fingerprint density at radius 1 is 1.22 bits per heavy atom. The summed E-state index contributed by atoms with van der Waals surface area (Å²) in [7, 11) is -3.30. The molecule has 2 aromatic carbocycles. The smallest absolute Gasteiger partial charge is 0.252 e. The third kappa shape index (κ3) is 4.43. The predicted octanol–water partition coefficient (Wildman–Crippen LogP) is 3.27. The fraction of sp³-hybridized carbons (Fsp3) is 0.200. The van der Waals surface area contributed by atoms with Crippen molar-refractivity contribution in [3.8, 4) is 0 Å². The van der Waals surface area contributed by atoms with Gasteiger partial charge in [0.25, 0.3) is 5.91 Å². The summed E-state index contributed by atoms with van der Waals surface area (Å²) in [6, 6.07) is 12.7. The number of hydrogen-bond acceptors (Lipinski definition) is 4. The van der Waals surface area contributed by atoms with Crippen LogP contribution in [0.15, 0.2) is 65.0 Å². The molecule has 1 aromatic heterocycles. The van der Waals surface area contributed by atoms with Crippen molar-refractivity contribution in [1.82, 2.24) is 4.57 Å². The first-order valence-corrected chi connectivity index (χ1v) is 11.1. The van der Waals surface area contributed by atoms with E-state index in [1.807, 2.05) is 35.8 Å². The summed E-state index contributed by atoms with van der Waals surface area (Å²) in [4.78, 5) is 17.5. The van der Waals surface area contributed by atoms with Crippen LogP contribution in [0.25, 0.3) is 10.2 Å². The summed E-state index contributed by atoms with van der Waals surface area (Å²) in [6.07, 6.45) is 3.12. The highest BCUT2D eigenvalue weighted by Crippen LogP contribution is 2.22. The SMILES string of the molecule is C=CCn1c(=NC(=O)Cc2ccc(C)cc2)sc2cc(S(C)(=O)=O)ccc21. The number of aromatic nitrogens is 1. The Hall–Kier alpha value is -2.51. The largest absolute Gasteiger partial charge is 0.313 e. The molecule has 0 N–H and O–H groups in total. The highest BCUT2D eigenvalue weighted by molar-refractivity contribution is 7.90. The van der Waals surface area contributed by atoms with Crippen LogP contribution in [0.5, 0.6) is 0 Å². The van der Waals surface area contributed by atoms with Gasteiger partial charge in [-0.2, -0.15) is 4.99 Å². The number of carbonyl (C=O) groups excluding carboxylic acids is 1. The molecule has 0 saturated heterocycles. The van der Waals surface area contributed by atoms with Gasteiger partial charge in [0.05, 0.1) is 21.5 Å². The Kier molecular flexibility index (Phi) is 5.43. The maximum absolute atomic E-state index is 12.4. The summed E-state index contributed by atoms with van der Waals surface area (Å²) in [5.74, 6) is -0.244. The lowest BCUT2D eigenvalue weighted by Gasteiger charge is -2.02. The summed E-state index contributed by atoms with van der Waals surface area (Å²) in [6.45, 7) is 6.23. The summed E-state index contributed by atoms with van der Waals surface area (Å²) >= 11 is 1.30. The number of allylic oxidation sites excluding steroid dienone is 1. The molecule has 140 valence electrons. The van der Waals surface area contributed by atoms with Gasteiger partial charge in [-0.1, -0.05) is 47.2 Å². The average Bonchev–Trinajstić information content (AvgIpc) is 2.93. The number of benzene rings is 2. The van der Waals surface area contributed by atoms with Crippen LogP contribution in [0.4, 0.5) is 0 Å². The zero-order chi connectivity index (χ0) is 19.6. The van der Waals surface area contributed by atoms with E-state index in [0.717, 1.165) is 21.3 Å². The second kappa shape index (κ2) is 7.62. The van der Waals surface area contributed by atoms with Crippen molar-refractivity contribution in [2.24, 2.45) is 4.99 Å². The quantitative estimate of drug-likeness (QED) is 0.617. The molecule has 0 aliphatic heterocycles. The van der Waals surface area contributed by atoms with Gasteiger partial charge in [0, 0.05) is 12.8 Å². The molecule has 3 aromatic rings. The van der Waals surface area contributed by atoms with Crippen LogP contribution in [0.1, 0.15) is 11.1 Å². The number of amides is 1.